The molecule has 3 amide bonds. The summed E-state index contributed by atoms with van der Waals surface area (Å²) < 4.78 is 4.82. The molecule has 1 spiro atoms. The molecule has 5 aliphatic rings. The van der Waals surface area contributed by atoms with Crippen molar-refractivity contribution in [2.75, 3.05) is 37.7 Å². The number of likely N-dealkylation sites (tertiary alicyclic amines) is 1. The van der Waals surface area contributed by atoms with Crippen molar-refractivity contribution in [1.82, 2.24) is 9.80 Å². The highest BCUT2D eigenvalue weighted by molar-refractivity contribution is 8.02. The number of ether oxygens (including phenoxy) is 1. The molecule has 0 radical (unpaired) electrons. The van der Waals surface area contributed by atoms with E-state index in [-0.39, 0.29) is 35.6 Å². The maximum Gasteiger partial charge on any atom is 0.247 e. The normalized spacial score (nSPS) is 31.2. The molecule has 1 aromatic rings. The van der Waals surface area contributed by atoms with Crippen LogP contribution in [0.5, 0.6) is 5.75 Å². The fourth-order valence-corrected chi connectivity index (χ4v) is 9.81. The largest absolute Gasteiger partial charge is 0.494 e. The monoisotopic (exact) mass is 593 g/mol. The number of hydrogen-bond donors (Lipinski definition) is 1. The Morgan fingerprint density at radius 3 is 2.48 bits per heavy atom. The number of fused-ring (bicyclic) bond motifs is 2. The SMILES string of the molecule is CCOc1ccc(N2CC=C[C@@H]3S[C@]45C=CCN(C6CCCCC6)C(=O)C4N(CCCCCO)C(=O)[C@@H]5[C@@H]3C2=O)cc1. The molecule has 226 valence electrons. The Balaban J connectivity index is 1.35. The van der Waals surface area contributed by atoms with Crippen LogP contribution in [0.25, 0.3) is 0 Å². The van der Waals surface area contributed by atoms with Gasteiger partial charge in [0.25, 0.3) is 0 Å². The number of benzene rings is 1. The van der Waals surface area contributed by atoms with Crippen LogP contribution in [0.15, 0.2) is 48.6 Å². The Morgan fingerprint density at radius 2 is 1.74 bits per heavy atom. The van der Waals surface area contributed by atoms with Crippen LogP contribution >= 0.6 is 11.8 Å². The molecule has 2 saturated heterocycles. The van der Waals surface area contributed by atoms with E-state index in [9.17, 15) is 19.5 Å². The smallest absolute Gasteiger partial charge is 0.247 e. The molecule has 9 heteroatoms. The molecule has 1 aliphatic carbocycles. The summed E-state index contributed by atoms with van der Waals surface area (Å²) in [5, 5.41) is 9.14. The van der Waals surface area contributed by atoms with Crippen molar-refractivity contribution in [3.63, 3.8) is 0 Å². The van der Waals surface area contributed by atoms with Gasteiger partial charge in [0.2, 0.25) is 17.7 Å². The maximum absolute atomic E-state index is 14.5. The van der Waals surface area contributed by atoms with Crippen molar-refractivity contribution in [3.8, 4) is 5.75 Å². The fourth-order valence-electron chi connectivity index (χ4n) is 7.81. The summed E-state index contributed by atoms with van der Waals surface area (Å²) in [6, 6.07) is 7.13. The second-order valence-corrected chi connectivity index (χ2v) is 13.6. The average molecular weight is 594 g/mol. The van der Waals surface area contributed by atoms with Gasteiger partial charge in [0, 0.05) is 43.2 Å². The summed E-state index contributed by atoms with van der Waals surface area (Å²) in [6.07, 6.45) is 16.0. The average Bonchev–Trinajstić information content (AvgIpc) is 3.31. The zero-order chi connectivity index (χ0) is 29.3. The number of carbonyl (C=O) groups is 3. The summed E-state index contributed by atoms with van der Waals surface area (Å²) >= 11 is 1.65. The summed E-state index contributed by atoms with van der Waals surface area (Å²) in [5.41, 5.74) is 0.776. The molecular weight excluding hydrogens is 550 g/mol. The summed E-state index contributed by atoms with van der Waals surface area (Å²) in [7, 11) is 0. The van der Waals surface area contributed by atoms with Gasteiger partial charge in [-0.15, -0.1) is 11.8 Å². The van der Waals surface area contributed by atoms with E-state index >= 15 is 0 Å². The zero-order valence-electron chi connectivity index (χ0n) is 24.5. The van der Waals surface area contributed by atoms with Gasteiger partial charge < -0.3 is 24.5 Å². The quantitative estimate of drug-likeness (QED) is 0.341. The van der Waals surface area contributed by atoms with Crippen molar-refractivity contribution >= 4 is 35.2 Å². The Bertz CT molecular complexity index is 1230. The lowest BCUT2D eigenvalue weighted by molar-refractivity contribution is -0.144. The minimum absolute atomic E-state index is 0.0358. The molecule has 6 rings (SSSR count). The van der Waals surface area contributed by atoms with Crippen LogP contribution in [0.4, 0.5) is 5.69 Å². The van der Waals surface area contributed by atoms with Crippen LogP contribution in [-0.4, -0.2) is 87.6 Å². The van der Waals surface area contributed by atoms with Crippen LogP contribution in [0.1, 0.15) is 58.3 Å². The van der Waals surface area contributed by atoms with Gasteiger partial charge in [-0.1, -0.05) is 43.6 Å². The van der Waals surface area contributed by atoms with Gasteiger partial charge in [-0.25, -0.2) is 0 Å². The van der Waals surface area contributed by atoms with Crippen molar-refractivity contribution in [3.05, 3.63) is 48.6 Å². The lowest BCUT2D eigenvalue weighted by atomic mass is 9.78. The molecular formula is C33H43N3O5S. The topological polar surface area (TPSA) is 90.4 Å². The number of unbranched alkanes of at least 4 members (excludes halogenated alkanes) is 2. The Morgan fingerprint density at radius 1 is 0.952 bits per heavy atom. The van der Waals surface area contributed by atoms with Gasteiger partial charge in [0.05, 0.1) is 23.2 Å². The lowest BCUT2D eigenvalue weighted by Crippen LogP contribution is -2.55. The van der Waals surface area contributed by atoms with Gasteiger partial charge >= 0.3 is 0 Å². The van der Waals surface area contributed by atoms with E-state index in [1.807, 2.05) is 47.1 Å². The van der Waals surface area contributed by atoms with Gasteiger partial charge in [0.1, 0.15) is 11.8 Å². The number of aliphatic hydroxyl groups is 1. The molecule has 1 aromatic carbocycles. The number of hydrogen-bond acceptors (Lipinski definition) is 6. The lowest BCUT2D eigenvalue weighted by Gasteiger charge is -2.39. The molecule has 1 N–H and O–H groups in total. The minimum atomic E-state index is -0.786. The predicted molar refractivity (Wildman–Crippen MR) is 164 cm³/mol. The maximum atomic E-state index is 14.5. The van der Waals surface area contributed by atoms with Gasteiger partial charge in [-0.3, -0.25) is 14.4 Å². The molecule has 1 saturated carbocycles. The summed E-state index contributed by atoms with van der Waals surface area (Å²) in [6.45, 7) is 4.08. The van der Waals surface area contributed by atoms with Crippen molar-refractivity contribution < 1.29 is 24.2 Å². The van der Waals surface area contributed by atoms with E-state index in [2.05, 4.69) is 18.2 Å². The summed E-state index contributed by atoms with van der Waals surface area (Å²) in [5.74, 6) is -0.523. The predicted octanol–water partition coefficient (Wildman–Crippen LogP) is 4.18. The highest BCUT2D eigenvalue weighted by Crippen LogP contribution is 2.61. The van der Waals surface area contributed by atoms with E-state index in [1.54, 1.807) is 16.7 Å². The van der Waals surface area contributed by atoms with Crippen LogP contribution in [0, 0.1) is 11.8 Å². The third-order valence-corrected chi connectivity index (χ3v) is 11.5. The number of anilines is 1. The Hall–Kier alpha value is -2.78. The van der Waals surface area contributed by atoms with Gasteiger partial charge in [-0.2, -0.15) is 0 Å². The third kappa shape index (κ3) is 5.06. The molecule has 42 heavy (non-hydrogen) atoms. The zero-order valence-corrected chi connectivity index (χ0v) is 25.3. The fraction of sp³-hybridized carbons (Fsp3) is 0.606. The number of aliphatic hydroxyl groups excluding tert-OH is 1. The molecule has 1 unspecified atom stereocenters. The minimum Gasteiger partial charge on any atom is -0.494 e. The van der Waals surface area contributed by atoms with Gasteiger partial charge in [-0.05, 0) is 63.3 Å². The molecule has 8 nitrogen and oxygen atoms in total. The number of nitrogens with zero attached hydrogens (tertiary/aromatic N) is 3. The number of carbonyl (C=O) groups excluding carboxylic acids is 3. The standard InChI is InChI=1S/C33H43N3O5S/c1-2-41-25-16-14-24(15-17-25)34-20-9-13-26-27(30(34)38)28-31(39)36(19-7-4-8-22-37)29-32(40)35(23-11-5-3-6-12-23)21-10-18-33(28,29)42-26/h9-10,13-18,23,26-29,37H,2-8,11-12,19-22H2,1H3/t26-,27+,28-,29?,33-/m0/s1. The first-order chi connectivity index (χ1) is 20.5. The third-order valence-electron chi connectivity index (χ3n) is 9.72. The van der Waals surface area contributed by atoms with E-state index < -0.39 is 22.6 Å². The van der Waals surface area contributed by atoms with Crippen molar-refractivity contribution in [2.24, 2.45) is 11.8 Å². The first-order valence-electron chi connectivity index (χ1n) is 15.8. The van der Waals surface area contributed by atoms with E-state index in [0.29, 0.717) is 32.7 Å². The molecule has 5 atom stereocenters. The van der Waals surface area contributed by atoms with E-state index in [1.165, 1.54) is 6.42 Å². The number of rotatable bonds is 9. The molecule has 4 aliphatic heterocycles. The van der Waals surface area contributed by atoms with Crippen LogP contribution < -0.4 is 9.64 Å². The van der Waals surface area contributed by atoms with Gasteiger partial charge in [0.15, 0.2) is 0 Å². The second kappa shape index (κ2) is 12.4. The second-order valence-electron chi connectivity index (χ2n) is 12.1. The first-order valence-corrected chi connectivity index (χ1v) is 16.7. The Labute approximate surface area is 253 Å². The highest BCUT2D eigenvalue weighted by Gasteiger charge is 2.71. The van der Waals surface area contributed by atoms with Crippen molar-refractivity contribution in [1.29, 1.82) is 0 Å². The molecule has 0 bridgehead atoms. The molecule has 4 heterocycles. The molecule has 0 aromatic heterocycles. The summed E-state index contributed by atoms with van der Waals surface area (Å²) in [4.78, 5) is 49.0. The van der Waals surface area contributed by atoms with Crippen molar-refractivity contribution in [2.45, 2.75) is 80.4 Å². The molecule has 3 fully saturated rings. The first kappa shape index (κ1) is 29.3. The van der Waals surface area contributed by atoms with Crippen LogP contribution in [0.2, 0.25) is 0 Å². The Kier molecular flexibility index (Phi) is 8.68. The van der Waals surface area contributed by atoms with E-state index in [4.69, 9.17) is 4.74 Å². The number of thioether (sulfide) groups is 1. The van der Waals surface area contributed by atoms with Crippen LogP contribution in [0.3, 0.4) is 0 Å². The van der Waals surface area contributed by atoms with E-state index in [0.717, 1.165) is 50.0 Å². The van der Waals surface area contributed by atoms with Crippen LogP contribution in [-0.2, 0) is 14.4 Å². The highest BCUT2D eigenvalue weighted by atomic mass is 32.2. The number of amides is 3.